The molecule has 0 aliphatic carbocycles. The van der Waals surface area contributed by atoms with Crippen LogP contribution < -0.4 is 5.73 Å². The molecule has 1 heterocycles. The summed E-state index contributed by atoms with van der Waals surface area (Å²) in [4.78, 5) is 0. The van der Waals surface area contributed by atoms with Crippen LogP contribution in [0.5, 0.6) is 0 Å². The van der Waals surface area contributed by atoms with Gasteiger partial charge in [-0.05, 0) is 20.3 Å². The number of nitrogens with zero attached hydrogens (tertiary/aromatic N) is 3. The van der Waals surface area contributed by atoms with Crippen molar-refractivity contribution in [3.63, 3.8) is 0 Å². The third-order valence-electron chi connectivity index (χ3n) is 1.97. The summed E-state index contributed by atoms with van der Waals surface area (Å²) < 4.78 is 2.04. The fourth-order valence-electron chi connectivity index (χ4n) is 1.29. The molecule has 0 bridgehead atoms. The molecule has 6 heteroatoms. The van der Waals surface area contributed by atoms with Crippen molar-refractivity contribution in [1.29, 1.82) is 0 Å². The Morgan fingerprint density at radius 2 is 2.20 bits per heavy atom. The summed E-state index contributed by atoms with van der Waals surface area (Å²) in [6.07, 6.45) is 0.771. The van der Waals surface area contributed by atoms with Gasteiger partial charge in [0.2, 0.25) is 0 Å². The van der Waals surface area contributed by atoms with Crippen LogP contribution in [-0.4, -0.2) is 32.2 Å². The quantitative estimate of drug-likeness (QED) is 0.558. The van der Waals surface area contributed by atoms with E-state index in [2.05, 4.69) is 24.0 Å². The van der Waals surface area contributed by atoms with Gasteiger partial charge in [0, 0.05) is 18.4 Å². The Morgan fingerprint density at radius 3 is 2.73 bits per heavy atom. The Balaban J connectivity index is 2.73. The normalized spacial score (nSPS) is 11.3. The lowest BCUT2D eigenvalue weighted by molar-refractivity contribution is 0.296. The number of thioether (sulfide) groups is 1. The third kappa shape index (κ3) is 3.19. The zero-order chi connectivity index (χ0) is 11.3. The van der Waals surface area contributed by atoms with E-state index in [-0.39, 0.29) is 6.61 Å². The first-order valence-electron chi connectivity index (χ1n) is 5.08. The molecular weight excluding hydrogens is 212 g/mol. The largest absolute Gasteiger partial charge is 0.396 e. The van der Waals surface area contributed by atoms with Gasteiger partial charge in [0.15, 0.2) is 5.16 Å². The first-order chi connectivity index (χ1) is 7.20. The number of rotatable bonds is 6. The predicted octanol–water partition coefficient (Wildman–Crippen LogP) is 0.792. The van der Waals surface area contributed by atoms with Gasteiger partial charge in [-0.15, -0.1) is 10.2 Å². The summed E-state index contributed by atoms with van der Waals surface area (Å²) in [6.45, 7) is 4.79. The lowest BCUT2D eigenvalue weighted by Gasteiger charge is -2.12. The van der Waals surface area contributed by atoms with Gasteiger partial charge in [0.1, 0.15) is 5.82 Å². The average Bonchev–Trinajstić information content (AvgIpc) is 2.61. The molecule has 0 radical (unpaired) electrons. The number of aromatic nitrogens is 3. The number of nitrogens with two attached hydrogens (primary N) is 1. The molecule has 0 aromatic carbocycles. The second-order valence-corrected chi connectivity index (χ2v) is 4.55. The molecule has 0 unspecified atom stereocenters. The maximum absolute atomic E-state index is 8.70. The number of hydrogen-bond acceptors (Lipinski definition) is 5. The van der Waals surface area contributed by atoms with Crippen LogP contribution in [0.4, 0.5) is 0 Å². The molecule has 0 fully saturated rings. The summed E-state index contributed by atoms with van der Waals surface area (Å²) in [7, 11) is 0. The number of aliphatic hydroxyl groups is 1. The number of hydrogen-bond donors (Lipinski definition) is 2. The Morgan fingerprint density at radius 1 is 1.47 bits per heavy atom. The molecule has 0 saturated carbocycles. The third-order valence-corrected chi connectivity index (χ3v) is 3.00. The highest BCUT2D eigenvalue weighted by atomic mass is 32.2. The molecule has 86 valence electrons. The van der Waals surface area contributed by atoms with Crippen molar-refractivity contribution in [2.75, 3.05) is 12.4 Å². The van der Waals surface area contributed by atoms with Crippen LogP contribution in [0.15, 0.2) is 5.16 Å². The van der Waals surface area contributed by atoms with Gasteiger partial charge in [-0.2, -0.15) is 0 Å². The minimum Gasteiger partial charge on any atom is -0.396 e. The Hall–Kier alpha value is -0.590. The van der Waals surface area contributed by atoms with Crippen LogP contribution >= 0.6 is 11.8 Å². The molecule has 5 nitrogen and oxygen atoms in total. The Labute approximate surface area is 94.1 Å². The fourth-order valence-corrected chi connectivity index (χ4v) is 2.30. The van der Waals surface area contributed by atoms with Gasteiger partial charge >= 0.3 is 0 Å². The van der Waals surface area contributed by atoms with Crippen molar-refractivity contribution in [2.45, 2.75) is 38.0 Å². The molecule has 3 N–H and O–H groups in total. The maximum Gasteiger partial charge on any atom is 0.191 e. The van der Waals surface area contributed by atoms with E-state index in [1.54, 1.807) is 11.8 Å². The van der Waals surface area contributed by atoms with Crippen molar-refractivity contribution in [2.24, 2.45) is 5.73 Å². The predicted molar refractivity (Wildman–Crippen MR) is 60.7 cm³/mol. The van der Waals surface area contributed by atoms with Crippen LogP contribution in [0.1, 0.15) is 32.1 Å². The molecule has 1 aromatic rings. The van der Waals surface area contributed by atoms with Crippen molar-refractivity contribution in [3.05, 3.63) is 5.82 Å². The van der Waals surface area contributed by atoms with Gasteiger partial charge in [-0.1, -0.05) is 11.8 Å². The van der Waals surface area contributed by atoms with E-state index in [9.17, 15) is 0 Å². The second kappa shape index (κ2) is 6.09. The summed E-state index contributed by atoms with van der Waals surface area (Å²) in [6, 6.07) is 0.315. The van der Waals surface area contributed by atoms with Gasteiger partial charge < -0.3 is 15.4 Å². The van der Waals surface area contributed by atoms with E-state index >= 15 is 0 Å². The first-order valence-corrected chi connectivity index (χ1v) is 6.06. The molecule has 1 aromatic heterocycles. The van der Waals surface area contributed by atoms with Crippen molar-refractivity contribution in [1.82, 2.24) is 14.8 Å². The highest BCUT2D eigenvalue weighted by Gasteiger charge is 2.13. The second-order valence-electron chi connectivity index (χ2n) is 3.49. The smallest absolute Gasteiger partial charge is 0.191 e. The van der Waals surface area contributed by atoms with Crippen molar-refractivity contribution in [3.8, 4) is 0 Å². The van der Waals surface area contributed by atoms with E-state index in [0.717, 1.165) is 23.2 Å². The molecule has 0 aliphatic rings. The molecule has 0 spiro atoms. The minimum atomic E-state index is 0.215. The average molecular weight is 230 g/mol. The molecule has 1 rings (SSSR count). The standard InChI is InChI=1S/C9H18N4OS/c1-7(2)13-8(6-10)11-12-9(13)15-5-3-4-14/h7,14H,3-6,10H2,1-2H3. The van der Waals surface area contributed by atoms with Gasteiger partial charge in [0.05, 0.1) is 6.54 Å². The van der Waals surface area contributed by atoms with Gasteiger partial charge in [-0.3, -0.25) is 0 Å². The maximum atomic E-state index is 8.70. The lowest BCUT2D eigenvalue weighted by atomic mass is 10.4. The fraction of sp³-hybridized carbons (Fsp3) is 0.778. The van der Waals surface area contributed by atoms with Crippen molar-refractivity contribution < 1.29 is 5.11 Å². The van der Waals surface area contributed by atoms with Crippen LogP contribution in [-0.2, 0) is 6.54 Å². The van der Waals surface area contributed by atoms with Crippen LogP contribution in [0.25, 0.3) is 0 Å². The van der Waals surface area contributed by atoms with Crippen LogP contribution in [0.2, 0.25) is 0 Å². The molecule has 0 amide bonds. The monoisotopic (exact) mass is 230 g/mol. The zero-order valence-electron chi connectivity index (χ0n) is 9.18. The Kier molecular flexibility index (Phi) is 5.07. The zero-order valence-corrected chi connectivity index (χ0v) is 10.00. The molecule has 0 saturated heterocycles. The van der Waals surface area contributed by atoms with Gasteiger partial charge in [-0.25, -0.2) is 0 Å². The molecule has 15 heavy (non-hydrogen) atoms. The van der Waals surface area contributed by atoms with E-state index in [4.69, 9.17) is 10.8 Å². The molecule has 0 atom stereocenters. The van der Waals surface area contributed by atoms with E-state index < -0.39 is 0 Å². The first kappa shape index (κ1) is 12.5. The summed E-state index contributed by atoms with van der Waals surface area (Å²) in [5, 5.41) is 17.7. The summed E-state index contributed by atoms with van der Waals surface area (Å²) in [5.41, 5.74) is 5.58. The molecule has 0 aliphatic heterocycles. The van der Waals surface area contributed by atoms with Crippen LogP contribution in [0, 0.1) is 0 Å². The van der Waals surface area contributed by atoms with Gasteiger partial charge in [0.25, 0.3) is 0 Å². The highest BCUT2D eigenvalue weighted by Crippen LogP contribution is 2.21. The minimum absolute atomic E-state index is 0.215. The Bertz CT molecular complexity index is 300. The summed E-state index contributed by atoms with van der Waals surface area (Å²) >= 11 is 1.61. The van der Waals surface area contributed by atoms with Crippen LogP contribution in [0.3, 0.4) is 0 Å². The topological polar surface area (TPSA) is 77.0 Å². The molecular formula is C9H18N4OS. The number of aliphatic hydroxyl groups excluding tert-OH is 1. The highest BCUT2D eigenvalue weighted by molar-refractivity contribution is 7.99. The van der Waals surface area contributed by atoms with Crippen molar-refractivity contribution >= 4 is 11.8 Å². The SMILES string of the molecule is CC(C)n1c(CN)nnc1SCCCO. The lowest BCUT2D eigenvalue weighted by Crippen LogP contribution is -2.11. The van der Waals surface area contributed by atoms with E-state index in [0.29, 0.717) is 12.6 Å². The van der Waals surface area contributed by atoms with E-state index in [1.165, 1.54) is 0 Å². The van der Waals surface area contributed by atoms with E-state index in [1.807, 2.05) is 4.57 Å². The summed E-state index contributed by atoms with van der Waals surface area (Å²) in [5.74, 6) is 1.67.